The molecule has 0 N–H and O–H groups in total. The van der Waals surface area contributed by atoms with E-state index < -0.39 is 6.10 Å². The van der Waals surface area contributed by atoms with Crippen molar-refractivity contribution in [3.8, 4) is 0 Å². The van der Waals surface area contributed by atoms with Gasteiger partial charge in [-0.2, -0.15) is 0 Å². The zero-order valence-electron chi connectivity index (χ0n) is 55.5. The third-order valence-electron chi connectivity index (χ3n) is 16.9. The monoisotopic (exact) mass is 1150 g/mol. The molecule has 0 amide bonds. The molecular weight excluding hydrogens is 1010 g/mol. The maximum Gasteiger partial charge on any atom is 0.306 e. The fourth-order valence-corrected chi connectivity index (χ4v) is 11.4. The summed E-state index contributed by atoms with van der Waals surface area (Å²) >= 11 is 0. The van der Waals surface area contributed by atoms with Crippen molar-refractivity contribution >= 4 is 17.9 Å². The molecule has 482 valence electrons. The van der Waals surface area contributed by atoms with E-state index in [1.165, 1.54) is 289 Å². The molecule has 0 aromatic carbocycles. The smallest absolute Gasteiger partial charge is 0.306 e. The quantitative estimate of drug-likeness (QED) is 0.0261. The van der Waals surface area contributed by atoms with Gasteiger partial charge in [-0.05, 0) is 51.4 Å². The van der Waals surface area contributed by atoms with Crippen LogP contribution in [0.2, 0.25) is 0 Å². The van der Waals surface area contributed by atoms with Gasteiger partial charge in [0.15, 0.2) is 6.10 Å². The SMILES string of the molecule is CC/C=C\C/C=C\C/C=C\CCCCCCCCCC(=O)OC(COC(=O)CCCCCCCCCCCCCCC)COC(=O)CCCCCCCCCCCCCCCCCCCCCCCCCCCCCCCCCCCC. The van der Waals surface area contributed by atoms with Crippen molar-refractivity contribution in [2.75, 3.05) is 13.2 Å². The van der Waals surface area contributed by atoms with Gasteiger partial charge in [0.05, 0.1) is 0 Å². The highest BCUT2D eigenvalue weighted by Crippen LogP contribution is 2.19. The van der Waals surface area contributed by atoms with Gasteiger partial charge >= 0.3 is 17.9 Å². The molecule has 6 heteroatoms. The first-order valence-corrected chi connectivity index (χ1v) is 37.0. The lowest BCUT2D eigenvalue weighted by atomic mass is 10.0. The maximum atomic E-state index is 12.9. The standard InChI is InChI=1S/C76H142O6/c1-4-7-10-13-16-19-22-25-27-29-30-31-32-33-34-35-36-37-38-39-40-41-42-43-44-45-47-48-51-54-57-60-63-66-69-75(78)81-72-73(71-80-74(77)68-65-62-59-56-53-50-24-21-18-15-12-9-6-3)82-76(79)70-67-64-61-58-55-52-49-46-28-26-23-20-17-14-11-8-5-2/h8,11,17,20,26,28,73H,4-7,9-10,12-16,18-19,21-25,27,29-72H2,1-3H3/b11-8-,20-17-,28-26-. The molecule has 82 heavy (non-hydrogen) atoms. The van der Waals surface area contributed by atoms with Gasteiger partial charge in [0, 0.05) is 19.3 Å². The predicted octanol–water partition coefficient (Wildman–Crippen LogP) is 25.5. The molecule has 0 rings (SSSR count). The lowest BCUT2D eigenvalue weighted by molar-refractivity contribution is -0.167. The van der Waals surface area contributed by atoms with E-state index in [0.717, 1.165) is 83.5 Å². The average molecular weight is 1150 g/mol. The fourth-order valence-electron chi connectivity index (χ4n) is 11.4. The molecule has 6 nitrogen and oxygen atoms in total. The Morgan fingerprint density at radius 3 is 0.744 bits per heavy atom. The fraction of sp³-hybridized carbons (Fsp3) is 0.882. The van der Waals surface area contributed by atoms with Crippen LogP contribution < -0.4 is 0 Å². The first-order valence-electron chi connectivity index (χ1n) is 37.0. The molecule has 0 fully saturated rings. The number of hydrogen-bond donors (Lipinski definition) is 0. The van der Waals surface area contributed by atoms with Crippen molar-refractivity contribution in [2.24, 2.45) is 0 Å². The maximum absolute atomic E-state index is 12.9. The van der Waals surface area contributed by atoms with E-state index in [1.807, 2.05) is 0 Å². The second-order valence-corrected chi connectivity index (χ2v) is 25.2. The molecular formula is C76H142O6. The summed E-state index contributed by atoms with van der Waals surface area (Å²) in [6.07, 6.45) is 89.2. The van der Waals surface area contributed by atoms with Crippen LogP contribution in [0.1, 0.15) is 412 Å². The molecule has 0 heterocycles. The minimum Gasteiger partial charge on any atom is -0.462 e. The summed E-state index contributed by atoms with van der Waals surface area (Å²) in [4.78, 5) is 38.4. The van der Waals surface area contributed by atoms with Crippen LogP contribution in [0.15, 0.2) is 36.5 Å². The van der Waals surface area contributed by atoms with E-state index in [2.05, 4.69) is 57.2 Å². The lowest BCUT2D eigenvalue weighted by Gasteiger charge is -2.18. The molecule has 0 saturated carbocycles. The molecule has 0 aromatic rings. The second kappa shape index (κ2) is 71.1. The van der Waals surface area contributed by atoms with E-state index in [-0.39, 0.29) is 31.1 Å². The Morgan fingerprint density at radius 2 is 0.476 bits per heavy atom. The zero-order valence-corrected chi connectivity index (χ0v) is 55.5. The average Bonchev–Trinajstić information content (AvgIpc) is 3.47. The zero-order chi connectivity index (χ0) is 59.2. The Labute approximate surface area is 512 Å². The van der Waals surface area contributed by atoms with Gasteiger partial charge in [-0.15, -0.1) is 0 Å². The number of hydrogen-bond acceptors (Lipinski definition) is 6. The van der Waals surface area contributed by atoms with Crippen LogP contribution in [0.25, 0.3) is 0 Å². The third kappa shape index (κ3) is 68.4. The number of esters is 3. The van der Waals surface area contributed by atoms with Crippen molar-refractivity contribution in [1.82, 2.24) is 0 Å². The van der Waals surface area contributed by atoms with Crippen LogP contribution in [0, 0.1) is 0 Å². The summed E-state index contributed by atoms with van der Waals surface area (Å²) < 4.78 is 17.0. The number of allylic oxidation sites excluding steroid dienone is 6. The molecule has 1 unspecified atom stereocenters. The van der Waals surface area contributed by atoms with Crippen molar-refractivity contribution < 1.29 is 28.6 Å². The van der Waals surface area contributed by atoms with E-state index in [0.29, 0.717) is 19.3 Å². The third-order valence-corrected chi connectivity index (χ3v) is 16.9. The molecule has 0 aromatic heterocycles. The largest absolute Gasteiger partial charge is 0.462 e. The van der Waals surface area contributed by atoms with Crippen LogP contribution >= 0.6 is 0 Å². The first kappa shape index (κ1) is 79.6. The summed E-state index contributed by atoms with van der Waals surface area (Å²) in [6, 6.07) is 0. The summed E-state index contributed by atoms with van der Waals surface area (Å²) in [5.74, 6) is -0.852. The van der Waals surface area contributed by atoms with E-state index in [4.69, 9.17) is 14.2 Å². The van der Waals surface area contributed by atoms with Crippen LogP contribution in [-0.4, -0.2) is 37.2 Å². The molecule has 1 atom stereocenters. The predicted molar refractivity (Wildman–Crippen MR) is 358 cm³/mol. The summed E-state index contributed by atoms with van der Waals surface area (Å²) in [5.41, 5.74) is 0. The van der Waals surface area contributed by atoms with E-state index >= 15 is 0 Å². The highest BCUT2D eigenvalue weighted by Gasteiger charge is 2.20. The van der Waals surface area contributed by atoms with Gasteiger partial charge in [0.2, 0.25) is 0 Å². The topological polar surface area (TPSA) is 78.9 Å². The van der Waals surface area contributed by atoms with Crippen LogP contribution in [0.3, 0.4) is 0 Å². The van der Waals surface area contributed by atoms with Gasteiger partial charge in [0.25, 0.3) is 0 Å². The lowest BCUT2D eigenvalue weighted by Crippen LogP contribution is -2.30. The summed E-state index contributed by atoms with van der Waals surface area (Å²) in [5, 5.41) is 0. The molecule has 0 spiro atoms. The molecule has 0 bridgehead atoms. The minimum atomic E-state index is -0.775. The second-order valence-electron chi connectivity index (χ2n) is 25.2. The van der Waals surface area contributed by atoms with Crippen LogP contribution in [0.5, 0.6) is 0 Å². The highest BCUT2D eigenvalue weighted by atomic mass is 16.6. The number of ether oxygens (including phenoxy) is 3. The van der Waals surface area contributed by atoms with Crippen molar-refractivity contribution in [1.29, 1.82) is 0 Å². The van der Waals surface area contributed by atoms with E-state index in [1.54, 1.807) is 0 Å². The molecule has 0 radical (unpaired) electrons. The Morgan fingerprint density at radius 1 is 0.256 bits per heavy atom. The number of carbonyl (C=O) groups excluding carboxylic acids is 3. The highest BCUT2D eigenvalue weighted by molar-refractivity contribution is 5.71. The Bertz CT molecular complexity index is 1370. The Hall–Kier alpha value is -2.37. The Balaban J connectivity index is 4.07. The van der Waals surface area contributed by atoms with Crippen molar-refractivity contribution in [3.05, 3.63) is 36.5 Å². The number of rotatable bonds is 69. The number of unbranched alkanes of at least 4 members (excludes halogenated alkanes) is 52. The van der Waals surface area contributed by atoms with Gasteiger partial charge in [-0.1, -0.05) is 378 Å². The molecule has 0 aliphatic rings. The summed E-state index contributed by atoms with van der Waals surface area (Å²) in [7, 11) is 0. The van der Waals surface area contributed by atoms with Crippen molar-refractivity contribution in [3.63, 3.8) is 0 Å². The van der Waals surface area contributed by atoms with Crippen molar-refractivity contribution in [2.45, 2.75) is 419 Å². The molecule has 0 aliphatic carbocycles. The normalized spacial score (nSPS) is 12.2. The molecule has 0 saturated heterocycles. The first-order chi connectivity index (χ1) is 40.5. The Kier molecular flexibility index (Phi) is 69.1. The van der Waals surface area contributed by atoms with E-state index in [9.17, 15) is 14.4 Å². The van der Waals surface area contributed by atoms with Gasteiger partial charge < -0.3 is 14.2 Å². The van der Waals surface area contributed by atoms with Crippen LogP contribution in [0.4, 0.5) is 0 Å². The van der Waals surface area contributed by atoms with Crippen LogP contribution in [-0.2, 0) is 28.6 Å². The minimum absolute atomic E-state index is 0.0706. The summed E-state index contributed by atoms with van der Waals surface area (Å²) in [6.45, 7) is 6.60. The van der Waals surface area contributed by atoms with Gasteiger partial charge in [-0.25, -0.2) is 0 Å². The number of carbonyl (C=O) groups is 3. The van der Waals surface area contributed by atoms with Gasteiger partial charge in [0.1, 0.15) is 13.2 Å². The van der Waals surface area contributed by atoms with Gasteiger partial charge in [-0.3, -0.25) is 14.4 Å². The molecule has 0 aliphatic heterocycles.